The topological polar surface area (TPSA) is 68.0 Å². The number of nitrogens with zero attached hydrogens (tertiary/aromatic N) is 3. The van der Waals surface area contributed by atoms with Gasteiger partial charge in [-0.05, 0) is 18.2 Å². The quantitative estimate of drug-likeness (QED) is 0.893. The van der Waals surface area contributed by atoms with E-state index in [1.54, 1.807) is 0 Å². The zero-order chi connectivity index (χ0) is 13.3. The Morgan fingerprint density at radius 3 is 2.61 bits per heavy atom. The van der Waals surface area contributed by atoms with Crippen molar-refractivity contribution in [2.75, 3.05) is 0 Å². The van der Waals surface area contributed by atoms with Crippen LogP contribution < -0.4 is 0 Å². The summed E-state index contributed by atoms with van der Waals surface area (Å²) in [5, 5.41) is 12.2. The third kappa shape index (κ3) is 2.31. The van der Waals surface area contributed by atoms with E-state index in [9.17, 15) is 18.0 Å². The maximum Gasteiger partial charge on any atom is 0.416 e. The molecule has 0 atom stereocenters. The molecular weight excluding hydrogens is 251 g/mol. The summed E-state index contributed by atoms with van der Waals surface area (Å²) in [5.74, 6) is -1.83. The van der Waals surface area contributed by atoms with Crippen LogP contribution in [0.15, 0.2) is 30.6 Å². The summed E-state index contributed by atoms with van der Waals surface area (Å²) in [5.41, 5.74) is -0.753. The van der Waals surface area contributed by atoms with E-state index in [2.05, 4.69) is 10.1 Å². The Hall–Kier alpha value is -2.38. The fourth-order valence-electron chi connectivity index (χ4n) is 1.31. The molecule has 0 amide bonds. The molecule has 0 spiro atoms. The van der Waals surface area contributed by atoms with Crippen LogP contribution in [0.4, 0.5) is 13.2 Å². The monoisotopic (exact) mass is 257 g/mol. The highest BCUT2D eigenvalue weighted by Crippen LogP contribution is 2.30. The molecule has 0 fully saturated rings. The van der Waals surface area contributed by atoms with Crippen LogP contribution in [0.2, 0.25) is 0 Å². The lowest BCUT2D eigenvalue weighted by Gasteiger charge is -2.08. The van der Waals surface area contributed by atoms with Crippen molar-refractivity contribution >= 4 is 5.97 Å². The fourth-order valence-corrected chi connectivity index (χ4v) is 1.31. The molecule has 18 heavy (non-hydrogen) atoms. The Bertz CT molecular complexity index is 592. The number of hydrogen-bond donors (Lipinski definition) is 1. The zero-order valence-corrected chi connectivity index (χ0v) is 8.72. The van der Waals surface area contributed by atoms with Crippen molar-refractivity contribution in [3.05, 3.63) is 42.0 Å². The number of benzene rings is 1. The van der Waals surface area contributed by atoms with E-state index in [1.807, 2.05) is 0 Å². The number of carbonyl (C=O) groups is 1. The number of carboxylic acids is 1. The molecule has 2 aromatic rings. The summed E-state index contributed by atoms with van der Waals surface area (Å²) in [4.78, 5) is 14.0. The minimum atomic E-state index is -4.47. The highest BCUT2D eigenvalue weighted by atomic mass is 19.4. The number of carboxylic acid groups (broad SMARTS) is 1. The maximum atomic E-state index is 12.5. The van der Waals surface area contributed by atoms with Crippen LogP contribution in [-0.4, -0.2) is 25.8 Å². The highest BCUT2D eigenvalue weighted by molar-refractivity contribution is 5.82. The lowest BCUT2D eigenvalue weighted by Crippen LogP contribution is -2.06. The number of halogens is 3. The summed E-state index contributed by atoms with van der Waals surface area (Å²) in [6.07, 6.45) is -3.43. The Balaban J connectivity index is 2.41. The minimum absolute atomic E-state index is 0.0878. The third-order valence-corrected chi connectivity index (χ3v) is 2.12. The Labute approximate surface area is 98.5 Å². The average molecular weight is 257 g/mol. The van der Waals surface area contributed by atoms with Crippen LogP contribution in [-0.2, 0) is 6.18 Å². The standard InChI is InChI=1S/C10H6F3N3O2/c11-10(12,13)6-2-1-3-7(4-6)16-5-14-8(15-16)9(17)18/h1-5H,(H,17,18). The predicted octanol–water partition coefficient (Wildman–Crippen LogP) is 1.98. The van der Waals surface area contributed by atoms with E-state index >= 15 is 0 Å². The van der Waals surface area contributed by atoms with Gasteiger partial charge in [-0.15, -0.1) is 5.10 Å². The van der Waals surface area contributed by atoms with Crippen LogP contribution in [0.1, 0.15) is 16.2 Å². The predicted molar refractivity (Wildman–Crippen MR) is 53.3 cm³/mol. The Kier molecular flexibility index (Phi) is 2.77. The van der Waals surface area contributed by atoms with Crippen LogP contribution >= 0.6 is 0 Å². The van der Waals surface area contributed by atoms with E-state index in [4.69, 9.17) is 5.11 Å². The molecule has 0 aliphatic carbocycles. The molecule has 1 N–H and O–H groups in total. The lowest BCUT2D eigenvalue weighted by atomic mass is 10.2. The van der Waals surface area contributed by atoms with Crippen molar-refractivity contribution in [3.63, 3.8) is 0 Å². The van der Waals surface area contributed by atoms with Crippen molar-refractivity contribution < 1.29 is 23.1 Å². The highest BCUT2D eigenvalue weighted by Gasteiger charge is 2.30. The lowest BCUT2D eigenvalue weighted by molar-refractivity contribution is -0.137. The first-order chi connectivity index (χ1) is 8.38. The molecule has 8 heteroatoms. The normalized spacial score (nSPS) is 11.5. The molecule has 1 heterocycles. The van der Waals surface area contributed by atoms with Gasteiger partial charge in [0.25, 0.3) is 5.82 Å². The molecule has 0 saturated carbocycles. The van der Waals surface area contributed by atoms with Crippen molar-refractivity contribution in [2.45, 2.75) is 6.18 Å². The molecule has 1 aromatic heterocycles. The van der Waals surface area contributed by atoms with Gasteiger partial charge < -0.3 is 5.11 Å². The average Bonchev–Trinajstić information content (AvgIpc) is 2.77. The molecular formula is C10H6F3N3O2. The summed E-state index contributed by atoms with van der Waals surface area (Å²) in [7, 11) is 0. The summed E-state index contributed by atoms with van der Waals surface area (Å²) < 4.78 is 38.4. The third-order valence-electron chi connectivity index (χ3n) is 2.12. The molecule has 2 rings (SSSR count). The Morgan fingerprint density at radius 1 is 1.33 bits per heavy atom. The van der Waals surface area contributed by atoms with E-state index < -0.39 is 23.5 Å². The van der Waals surface area contributed by atoms with Crippen LogP contribution in [0.5, 0.6) is 0 Å². The van der Waals surface area contributed by atoms with Crippen molar-refractivity contribution in [2.24, 2.45) is 0 Å². The summed E-state index contributed by atoms with van der Waals surface area (Å²) in [6.45, 7) is 0. The van der Waals surface area contributed by atoms with Gasteiger partial charge in [-0.2, -0.15) is 13.2 Å². The van der Waals surface area contributed by atoms with Gasteiger partial charge in [0, 0.05) is 0 Å². The zero-order valence-electron chi connectivity index (χ0n) is 8.72. The molecule has 0 unspecified atom stereocenters. The first-order valence-corrected chi connectivity index (χ1v) is 4.70. The van der Waals surface area contributed by atoms with Gasteiger partial charge in [-0.1, -0.05) is 6.07 Å². The molecule has 0 aliphatic rings. The van der Waals surface area contributed by atoms with E-state index in [-0.39, 0.29) is 5.69 Å². The van der Waals surface area contributed by atoms with Crippen molar-refractivity contribution in [1.82, 2.24) is 14.8 Å². The first-order valence-electron chi connectivity index (χ1n) is 4.70. The van der Waals surface area contributed by atoms with Crippen LogP contribution in [0.25, 0.3) is 5.69 Å². The number of hydrogen-bond acceptors (Lipinski definition) is 3. The SMILES string of the molecule is O=C(O)c1ncn(-c2cccc(C(F)(F)F)c2)n1. The van der Waals surface area contributed by atoms with Gasteiger partial charge in [0.1, 0.15) is 6.33 Å². The summed E-state index contributed by atoms with van der Waals surface area (Å²) in [6, 6.07) is 4.36. The van der Waals surface area contributed by atoms with Crippen LogP contribution in [0, 0.1) is 0 Å². The molecule has 0 saturated heterocycles. The van der Waals surface area contributed by atoms with Crippen LogP contribution in [0.3, 0.4) is 0 Å². The smallest absolute Gasteiger partial charge is 0.416 e. The van der Waals surface area contributed by atoms with Crippen molar-refractivity contribution in [1.29, 1.82) is 0 Å². The van der Waals surface area contributed by atoms with Gasteiger partial charge >= 0.3 is 12.1 Å². The van der Waals surface area contributed by atoms with Gasteiger partial charge in [-0.25, -0.2) is 14.5 Å². The second-order valence-corrected chi connectivity index (χ2v) is 3.37. The van der Waals surface area contributed by atoms with Crippen molar-refractivity contribution in [3.8, 4) is 5.69 Å². The molecule has 0 radical (unpaired) electrons. The minimum Gasteiger partial charge on any atom is -0.475 e. The number of aromatic carboxylic acids is 1. The van der Waals surface area contributed by atoms with Gasteiger partial charge in [0.15, 0.2) is 0 Å². The second kappa shape index (κ2) is 4.13. The fraction of sp³-hybridized carbons (Fsp3) is 0.100. The molecule has 5 nitrogen and oxygen atoms in total. The molecule has 1 aromatic carbocycles. The van der Waals surface area contributed by atoms with E-state index in [0.717, 1.165) is 23.1 Å². The first kappa shape index (κ1) is 12.1. The molecule has 94 valence electrons. The largest absolute Gasteiger partial charge is 0.475 e. The second-order valence-electron chi connectivity index (χ2n) is 3.37. The Morgan fingerprint density at radius 2 is 2.06 bits per heavy atom. The number of alkyl halides is 3. The van der Waals surface area contributed by atoms with E-state index in [1.165, 1.54) is 12.1 Å². The molecule has 0 aliphatic heterocycles. The summed E-state index contributed by atoms with van der Waals surface area (Å²) >= 11 is 0. The van der Waals surface area contributed by atoms with Gasteiger partial charge in [0.2, 0.25) is 0 Å². The van der Waals surface area contributed by atoms with Gasteiger partial charge in [0.05, 0.1) is 11.3 Å². The molecule has 0 bridgehead atoms. The number of rotatable bonds is 2. The van der Waals surface area contributed by atoms with E-state index in [0.29, 0.717) is 0 Å². The van der Waals surface area contributed by atoms with Gasteiger partial charge in [-0.3, -0.25) is 0 Å². The number of aromatic nitrogens is 3. The maximum absolute atomic E-state index is 12.5.